The molecule has 0 fully saturated rings. The first-order chi connectivity index (χ1) is 17.1. The van der Waals surface area contributed by atoms with Crippen molar-refractivity contribution in [2.24, 2.45) is 11.7 Å². The fourth-order valence-corrected chi connectivity index (χ4v) is 3.82. The minimum Gasteiger partial charge on any atom is -0.491 e. The molecule has 2 aromatic rings. The van der Waals surface area contributed by atoms with Gasteiger partial charge in [0.15, 0.2) is 0 Å². The summed E-state index contributed by atoms with van der Waals surface area (Å²) in [6, 6.07) is 2.55. The largest absolute Gasteiger partial charge is 0.491 e. The second kappa shape index (κ2) is 12.3. The standard InChI is InChI=1S/C23H30ClN7O5/c1-13(2)9-18-22(34)26-11-15-12-31(30-29-15)7-8-36-19-5-3-14(24)10-16(19)21(33)27-17(23(35)28-18)4-6-20(25)32/h3,5,10,12-13,17-18H,4,6-9,11H2,1-2H3,(H2,25,32)(H,26,34)(H,27,33)(H,28,35)/t17-,18+/m0/s1. The molecule has 13 heteroatoms. The number of nitrogens with two attached hydrogens (primary N) is 1. The molecule has 0 saturated carbocycles. The van der Waals surface area contributed by atoms with Crippen molar-refractivity contribution in [2.75, 3.05) is 6.61 Å². The summed E-state index contributed by atoms with van der Waals surface area (Å²) in [6.07, 6.45) is 1.83. The lowest BCUT2D eigenvalue weighted by Crippen LogP contribution is -2.54. The predicted molar refractivity (Wildman–Crippen MR) is 130 cm³/mol. The number of aromatic nitrogens is 3. The van der Waals surface area contributed by atoms with Crippen LogP contribution in [-0.2, 0) is 27.5 Å². The lowest BCUT2D eigenvalue weighted by Gasteiger charge is -2.24. The van der Waals surface area contributed by atoms with Crippen molar-refractivity contribution >= 4 is 35.2 Å². The Balaban J connectivity index is 1.94. The van der Waals surface area contributed by atoms with Gasteiger partial charge in [-0.2, -0.15) is 0 Å². The molecule has 1 aromatic carbocycles. The molecule has 5 N–H and O–H groups in total. The first-order valence-corrected chi connectivity index (χ1v) is 12.0. The topological polar surface area (TPSA) is 170 Å². The second-order valence-electron chi connectivity index (χ2n) is 8.90. The molecule has 12 nitrogen and oxygen atoms in total. The molecule has 1 aliphatic rings. The van der Waals surface area contributed by atoms with E-state index in [0.29, 0.717) is 23.7 Å². The Bertz CT molecular complexity index is 1120. The number of hydrogen-bond acceptors (Lipinski definition) is 7. The number of primary amides is 1. The van der Waals surface area contributed by atoms with Gasteiger partial charge in [0, 0.05) is 11.4 Å². The minimum absolute atomic E-state index is 0.0537. The van der Waals surface area contributed by atoms with Crippen LogP contribution in [0.1, 0.15) is 49.2 Å². The molecule has 1 aromatic heterocycles. The third-order valence-corrected chi connectivity index (χ3v) is 5.67. The van der Waals surface area contributed by atoms with Crippen LogP contribution in [0.3, 0.4) is 0 Å². The van der Waals surface area contributed by atoms with E-state index in [-0.39, 0.29) is 43.2 Å². The molecular weight excluding hydrogens is 490 g/mol. The average Bonchev–Trinajstić information content (AvgIpc) is 3.27. The molecule has 2 atom stereocenters. The lowest BCUT2D eigenvalue weighted by molar-refractivity contribution is -0.130. The number of nitrogens with zero attached hydrogens (tertiary/aromatic N) is 3. The number of rotatable bonds is 5. The van der Waals surface area contributed by atoms with Crippen LogP contribution in [0.25, 0.3) is 0 Å². The van der Waals surface area contributed by atoms with Crippen LogP contribution in [0.2, 0.25) is 5.02 Å². The highest BCUT2D eigenvalue weighted by Gasteiger charge is 2.29. The third kappa shape index (κ3) is 7.67. The summed E-state index contributed by atoms with van der Waals surface area (Å²) in [5, 5.41) is 16.5. The van der Waals surface area contributed by atoms with E-state index in [4.69, 9.17) is 22.1 Å². The minimum atomic E-state index is -1.13. The fourth-order valence-electron chi connectivity index (χ4n) is 3.65. The molecule has 2 bridgehead atoms. The van der Waals surface area contributed by atoms with Crippen LogP contribution in [0.15, 0.2) is 24.4 Å². The Morgan fingerprint density at radius 1 is 1.22 bits per heavy atom. The molecule has 2 heterocycles. The zero-order valence-corrected chi connectivity index (χ0v) is 20.9. The quantitative estimate of drug-likeness (QED) is 0.446. The van der Waals surface area contributed by atoms with E-state index in [0.717, 1.165) is 0 Å². The maximum Gasteiger partial charge on any atom is 0.255 e. The van der Waals surface area contributed by atoms with Crippen molar-refractivity contribution in [2.45, 2.75) is 58.3 Å². The van der Waals surface area contributed by atoms with Gasteiger partial charge in [0.05, 0.1) is 24.8 Å². The van der Waals surface area contributed by atoms with E-state index >= 15 is 0 Å². The number of carbonyl (C=O) groups is 4. The molecule has 36 heavy (non-hydrogen) atoms. The van der Waals surface area contributed by atoms with Crippen LogP contribution < -0.4 is 26.4 Å². The van der Waals surface area contributed by atoms with Crippen LogP contribution in [0.5, 0.6) is 5.75 Å². The summed E-state index contributed by atoms with van der Waals surface area (Å²) in [5.74, 6) is -1.95. The van der Waals surface area contributed by atoms with Crippen LogP contribution in [-0.4, -0.2) is 57.3 Å². The molecule has 4 amide bonds. The third-order valence-electron chi connectivity index (χ3n) is 5.44. The van der Waals surface area contributed by atoms with Gasteiger partial charge in [-0.25, -0.2) is 4.68 Å². The maximum absolute atomic E-state index is 13.2. The molecule has 0 spiro atoms. The number of halogens is 1. The average molecular weight is 520 g/mol. The summed E-state index contributed by atoms with van der Waals surface area (Å²) in [6.45, 7) is 4.45. The number of ether oxygens (including phenoxy) is 1. The summed E-state index contributed by atoms with van der Waals surface area (Å²) in [7, 11) is 0. The Kier molecular flexibility index (Phi) is 9.23. The molecule has 0 aliphatic carbocycles. The summed E-state index contributed by atoms with van der Waals surface area (Å²) >= 11 is 6.11. The number of fused-ring (bicyclic) bond motifs is 3. The van der Waals surface area contributed by atoms with Gasteiger partial charge in [0.2, 0.25) is 17.7 Å². The molecule has 0 radical (unpaired) electrons. The Hall–Kier alpha value is -3.67. The summed E-state index contributed by atoms with van der Waals surface area (Å²) < 4.78 is 7.35. The zero-order chi connectivity index (χ0) is 26.2. The van der Waals surface area contributed by atoms with Crippen LogP contribution in [0.4, 0.5) is 0 Å². The summed E-state index contributed by atoms with van der Waals surface area (Å²) in [5.41, 5.74) is 5.92. The van der Waals surface area contributed by atoms with Gasteiger partial charge in [0.1, 0.15) is 30.1 Å². The zero-order valence-electron chi connectivity index (χ0n) is 20.1. The van der Waals surface area contributed by atoms with Crippen molar-refractivity contribution in [3.63, 3.8) is 0 Å². The highest BCUT2D eigenvalue weighted by molar-refractivity contribution is 6.31. The van der Waals surface area contributed by atoms with Crippen molar-refractivity contribution < 1.29 is 23.9 Å². The Morgan fingerprint density at radius 2 is 2.00 bits per heavy atom. The van der Waals surface area contributed by atoms with Gasteiger partial charge in [-0.05, 0) is 37.0 Å². The number of benzene rings is 1. The van der Waals surface area contributed by atoms with E-state index in [1.54, 1.807) is 23.0 Å². The highest BCUT2D eigenvalue weighted by Crippen LogP contribution is 2.23. The van der Waals surface area contributed by atoms with E-state index in [9.17, 15) is 19.2 Å². The van der Waals surface area contributed by atoms with Gasteiger partial charge < -0.3 is 26.4 Å². The second-order valence-corrected chi connectivity index (χ2v) is 9.34. The van der Waals surface area contributed by atoms with Crippen LogP contribution in [0, 0.1) is 5.92 Å². The number of amides is 4. The maximum atomic E-state index is 13.2. The molecule has 3 rings (SSSR count). The Morgan fingerprint density at radius 3 is 2.72 bits per heavy atom. The highest BCUT2D eigenvalue weighted by atomic mass is 35.5. The Labute approximate surface area is 213 Å². The molecule has 0 unspecified atom stereocenters. The SMILES string of the molecule is CC(C)C[C@H]1NC(=O)[C@H](CCC(N)=O)NC(=O)c2cc(Cl)ccc2OCCn2cc(nn2)CNC1=O. The van der Waals surface area contributed by atoms with Crippen LogP contribution >= 0.6 is 11.6 Å². The van der Waals surface area contributed by atoms with Crippen molar-refractivity contribution in [1.82, 2.24) is 30.9 Å². The van der Waals surface area contributed by atoms with Gasteiger partial charge in [-0.1, -0.05) is 30.7 Å². The first-order valence-electron chi connectivity index (χ1n) is 11.6. The van der Waals surface area contributed by atoms with E-state index in [2.05, 4.69) is 26.3 Å². The number of nitrogens with one attached hydrogen (secondary N) is 3. The predicted octanol–water partition coefficient (Wildman–Crippen LogP) is 0.535. The number of carbonyl (C=O) groups excluding carboxylic acids is 4. The van der Waals surface area contributed by atoms with E-state index in [1.165, 1.54) is 6.07 Å². The normalized spacial score (nSPS) is 19.4. The van der Waals surface area contributed by atoms with E-state index < -0.39 is 35.7 Å². The van der Waals surface area contributed by atoms with Crippen molar-refractivity contribution in [1.29, 1.82) is 0 Å². The smallest absolute Gasteiger partial charge is 0.255 e. The van der Waals surface area contributed by atoms with Crippen molar-refractivity contribution in [3.8, 4) is 5.75 Å². The molecule has 1 aliphatic heterocycles. The molecular formula is C23H30ClN7O5. The lowest BCUT2D eigenvalue weighted by atomic mass is 10.0. The van der Waals surface area contributed by atoms with Gasteiger partial charge in [-0.3, -0.25) is 19.2 Å². The molecule has 194 valence electrons. The van der Waals surface area contributed by atoms with Gasteiger partial charge in [-0.15, -0.1) is 5.10 Å². The van der Waals surface area contributed by atoms with Crippen molar-refractivity contribution in [3.05, 3.63) is 40.7 Å². The number of hydrogen-bond donors (Lipinski definition) is 4. The van der Waals surface area contributed by atoms with E-state index in [1.807, 2.05) is 13.8 Å². The van der Waals surface area contributed by atoms with Gasteiger partial charge >= 0.3 is 0 Å². The monoisotopic (exact) mass is 519 g/mol. The summed E-state index contributed by atoms with van der Waals surface area (Å²) in [4.78, 5) is 50.7. The fraction of sp³-hybridized carbons (Fsp3) is 0.478. The first kappa shape index (κ1) is 26.9. The molecule has 0 saturated heterocycles. The van der Waals surface area contributed by atoms with Gasteiger partial charge in [0.25, 0.3) is 5.91 Å².